The first-order chi connectivity index (χ1) is 13.6. The van der Waals surface area contributed by atoms with Crippen molar-refractivity contribution < 1.29 is 32.3 Å². The van der Waals surface area contributed by atoms with Gasteiger partial charge < -0.3 is 15.0 Å². The van der Waals surface area contributed by atoms with Crippen molar-refractivity contribution in [2.24, 2.45) is 5.92 Å². The van der Waals surface area contributed by atoms with Crippen molar-refractivity contribution in [1.82, 2.24) is 10.2 Å². The lowest BCUT2D eigenvalue weighted by atomic mass is 9.84. The van der Waals surface area contributed by atoms with E-state index in [1.165, 1.54) is 6.92 Å². The van der Waals surface area contributed by atoms with Gasteiger partial charge in [0.05, 0.1) is 18.2 Å². The Kier molecular flexibility index (Phi) is 6.08. The number of nitrogens with one attached hydrogen (secondary N) is 1. The van der Waals surface area contributed by atoms with Crippen molar-refractivity contribution in [2.45, 2.75) is 76.6 Å². The summed E-state index contributed by atoms with van der Waals surface area (Å²) in [5, 5.41) is 1.99. The maximum atomic E-state index is 14.4. The Hall–Kier alpha value is -1.90. The Morgan fingerprint density at radius 3 is 2.34 bits per heavy atom. The molecule has 0 spiro atoms. The van der Waals surface area contributed by atoms with Gasteiger partial charge in [-0.2, -0.15) is 13.2 Å². The summed E-state index contributed by atoms with van der Waals surface area (Å²) < 4.78 is 48.6. The number of carbonyl (C=O) groups is 3. The molecule has 2 aliphatic heterocycles. The van der Waals surface area contributed by atoms with Crippen LogP contribution in [0.2, 0.25) is 0 Å². The summed E-state index contributed by atoms with van der Waals surface area (Å²) in [5.41, 5.74) is -4.10. The van der Waals surface area contributed by atoms with Crippen LogP contribution in [0.25, 0.3) is 0 Å². The molecule has 1 aliphatic carbocycles. The van der Waals surface area contributed by atoms with E-state index in [-0.39, 0.29) is 18.3 Å². The molecule has 3 aliphatic rings. The number of amides is 2. The summed E-state index contributed by atoms with van der Waals surface area (Å²) in [6.07, 6.45) is -0.757. The van der Waals surface area contributed by atoms with Crippen LogP contribution in [0.1, 0.15) is 58.8 Å². The highest BCUT2D eigenvalue weighted by atomic mass is 19.4. The Labute approximate surface area is 167 Å². The molecule has 1 saturated carbocycles. The molecule has 3 rings (SSSR count). The monoisotopic (exact) mass is 416 g/mol. The quantitative estimate of drug-likeness (QED) is 0.748. The van der Waals surface area contributed by atoms with E-state index in [9.17, 15) is 27.6 Å². The van der Waals surface area contributed by atoms with Crippen LogP contribution in [0.15, 0.2) is 11.3 Å². The van der Waals surface area contributed by atoms with Crippen molar-refractivity contribution in [3.05, 3.63) is 11.3 Å². The lowest BCUT2D eigenvalue weighted by Gasteiger charge is -2.35. The normalized spacial score (nSPS) is 28.9. The number of halogens is 3. The molecule has 6 nitrogen and oxygen atoms in total. The van der Waals surface area contributed by atoms with Crippen LogP contribution in [0, 0.1) is 5.92 Å². The van der Waals surface area contributed by atoms with Gasteiger partial charge in [-0.3, -0.25) is 14.4 Å². The summed E-state index contributed by atoms with van der Waals surface area (Å²) >= 11 is 0. The van der Waals surface area contributed by atoms with Crippen LogP contribution < -0.4 is 5.32 Å². The van der Waals surface area contributed by atoms with Crippen LogP contribution in [-0.2, 0) is 19.1 Å². The van der Waals surface area contributed by atoms with Gasteiger partial charge in [-0.15, -0.1) is 0 Å². The van der Waals surface area contributed by atoms with Crippen LogP contribution in [0.3, 0.4) is 0 Å². The smallest absolute Gasteiger partial charge is 0.376 e. The van der Waals surface area contributed by atoms with E-state index in [0.29, 0.717) is 25.9 Å². The molecule has 0 radical (unpaired) electrons. The molecule has 1 saturated heterocycles. The number of ketones is 1. The molecule has 29 heavy (non-hydrogen) atoms. The van der Waals surface area contributed by atoms with Crippen LogP contribution >= 0.6 is 0 Å². The number of rotatable bonds is 5. The highest BCUT2D eigenvalue weighted by Crippen LogP contribution is 2.45. The van der Waals surface area contributed by atoms with E-state index in [4.69, 9.17) is 4.74 Å². The first-order valence-corrected chi connectivity index (χ1v) is 10.1. The minimum Gasteiger partial charge on any atom is -0.376 e. The van der Waals surface area contributed by atoms with Gasteiger partial charge in [0.15, 0.2) is 5.78 Å². The van der Waals surface area contributed by atoms with Crippen molar-refractivity contribution in [3.8, 4) is 0 Å². The van der Waals surface area contributed by atoms with Crippen molar-refractivity contribution in [1.29, 1.82) is 0 Å². The third-order valence-electron chi connectivity index (χ3n) is 6.18. The number of hydrogen-bond acceptors (Lipinski definition) is 4. The van der Waals surface area contributed by atoms with Crippen molar-refractivity contribution in [3.63, 3.8) is 0 Å². The molecular formula is C20H27F3N2O4. The van der Waals surface area contributed by atoms with Gasteiger partial charge in [0.1, 0.15) is 0 Å². The fraction of sp³-hybridized carbons (Fsp3) is 0.750. The molecule has 2 atom stereocenters. The van der Waals surface area contributed by atoms with Crippen molar-refractivity contribution in [2.75, 3.05) is 13.2 Å². The summed E-state index contributed by atoms with van der Waals surface area (Å²) in [4.78, 5) is 39.1. The summed E-state index contributed by atoms with van der Waals surface area (Å²) in [7, 11) is 0. The molecule has 0 aromatic heterocycles. The number of Topliss-reactive ketones (excluding diaryl/α,β-unsaturated/α-hetero) is 1. The van der Waals surface area contributed by atoms with Crippen LogP contribution in [-0.4, -0.2) is 53.5 Å². The van der Waals surface area contributed by atoms with Gasteiger partial charge >= 0.3 is 6.18 Å². The SMILES string of the molecule is CC(=O)C1=C(C)N(C[C@@H]2CCCO2)C(=O)[C@]1(NC(=O)C1CCCCC1)C(F)(F)F. The number of carbonyl (C=O) groups excluding carboxylic acids is 3. The first-order valence-electron chi connectivity index (χ1n) is 10.1. The molecule has 2 amide bonds. The summed E-state index contributed by atoms with van der Waals surface area (Å²) in [6, 6.07) is 0. The Balaban J connectivity index is 1.99. The third-order valence-corrected chi connectivity index (χ3v) is 6.18. The van der Waals surface area contributed by atoms with E-state index in [0.717, 1.165) is 37.5 Å². The van der Waals surface area contributed by atoms with E-state index in [2.05, 4.69) is 0 Å². The number of allylic oxidation sites excluding steroid dienone is 1. The molecular weight excluding hydrogens is 389 g/mol. The Morgan fingerprint density at radius 2 is 1.83 bits per heavy atom. The zero-order valence-electron chi connectivity index (χ0n) is 16.7. The highest BCUT2D eigenvalue weighted by molar-refractivity contribution is 6.12. The Morgan fingerprint density at radius 1 is 1.17 bits per heavy atom. The van der Waals surface area contributed by atoms with E-state index >= 15 is 0 Å². The van der Waals surface area contributed by atoms with Gasteiger partial charge in [-0.05, 0) is 39.5 Å². The first kappa shape index (κ1) is 21.8. The topological polar surface area (TPSA) is 75.7 Å². The molecule has 1 N–H and O–H groups in total. The fourth-order valence-electron chi connectivity index (χ4n) is 4.70. The second-order valence-corrected chi connectivity index (χ2v) is 8.14. The molecule has 0 unspecified atom stereocenters. The van der Waals surface area contributed by atoms with E-state index in [1.807, 2.05) is 5.32 Å². The number of ether oxygens (including phenoxy) is 1. The Bertz CT molecular complexity index is 722. The second kappa shape index (κ2) is 8.08. The number of hydrogen-bond donors (Lipinski definition) is 1. The molecule has 2 heterocycles. The summed E-state index contributed by atoms with van der Waals surface area (Å²) in [6.45, 7) is 2.73. The van der Waals surface area contributed by atoms with Gasteiger partial charge in [-0.25, -0.2) is 0 Å². The standard InChI is InChI=1S/C20H27F3N2O4/c1-12-16(13(2)26)19(20(21,22)23,24-17(27)14-7-4-3-5-8-14)18(28)25(12)11-15-9-6-10-29-15/h14-15H,3-11H2,1-2H3,(H,24,27)/t15-,19-/m0/s1. The lowest BCUT2D eigenvalue weighted by molar-refractivity contribution is -0.195. The average molecular weight is 416 g/mol. The minimum atomic E-state index is -5.15. The largest absolute Gasteiger partial charge is 0.425 e. The van der Waals surface area contributed by atoms with Gasteiger partial charge in [0.2, 0.25) is 11.4 Å². The van der Waals surface area contributed by atoms with E-state index in [1.54, 1.807) is 0 Å². The zero-order chi connectivity index (χ0) is 21.4. The lowest BCUT2D eigenvalue weighted by Crippen LogP contribution is -2.67. The molecule has 162 valence electrons. The van der Waals surface area contributed by atoms with Crippen LogP contribution in [0.4, 0.5) is 13.2 Å². The molecule has 0 aromatic rings. The molecule has 0 bridgehead atoms. The van der Waals surface area contributed by atoms with Crippen LogP contribution in [0.5, 0.6) is 0 Å². The second-order valence-electron chi connectivity index (χ2n) is 8.14. The highest BCUT2D eigenvalue weighted by Gasteiger charge is 2.70. The average Bonchev–Trinajstić information content (AvgIpc) is 3.23. The molecule has 2 fully saturated rings. The molecule has 0 aromatic carbocycles. The minimum absolute atomic E-state index is 0.0701. The number of alkyl halides is 3. The number of nitrogens with zero attached hydrogens (tertiary/aromatic N) is 1. The predicted molar refractivity (Wildman–Crippen MR) is 97.6 cm³/mol. The fourth-order valence-corrected chi connectivity index (χ4v) is 4.70. The van der Waals surface area contributed by atoms with Gasteiger partial charge in [0.25, 0.3) is 5.91 Å². The maximum absolute atomic E-state index is 14.4. The zero-order valence-corrected chi connectivity index (χ0v) is 16.7. The van der Waals surface area contributed by atoms with Gasteiger partial charge in [0, 0.05) is 18.2 Å². The maximum Gasteiger partial charge on any atom is 0.425 e. The summed E-state index contributed by atoms with van der Waals surface area (Å²) in [5.74, 6) is -3.61. The van der Waals surface area contributed by atoms with Crippen molar-refractivity contribution >= 4 is 17.6 Å². The third kappa shape index (κ3) is 3.81. The van der Waals surface area contributed by atoms with Gasteiger partial charge in [-0.1, -0.05) is 19.3 Å². The molecule has 9 heteroatoms. The predicted octanol–water partition coefficient (Wildman–Crippen LogP) is 2.87. The van der Waals surface area contributed by atoms with E-state index < -0.39 is 40.8 Å².